The minimum absolute atomic E-state index is 1.87. The van der Waals surface area contributed by atoms with Crippen LogP contribution in [0.3, 0.4) is 0 Å². The Kier molecular flexibility index (Phi) is 11.4. The standard InChI is InChI=1S/C14H7BrCl12O9/c15-7-9(34,5(31)13(22,23)24)10(35,6(32)14(25,26)27)8(33,4(30)12(19,20)21)3(36-7)1(28)2(29)11(16,17)18/h1,3,7,28,33-35H/t1?,3-,7+,8+,9+,10+/m1/s1. The Morgan fingerprint density at radius 2 is 1.00 bits per heavy atom. The van der Waals surface area contributed by atoms with Crippen molar-refractivity contribution >= 4 is 178 Å². The number of alkyl halides is 13. The van der Waals surface area contributed by atoms with Gasteiger partial charge in [0.05, 0.1) is 0 Å². The maximum Gasteiger partial charge on any atom is 0.252 e. The van der Waals surface area contributed by atoms with Crippen molar-refractivity contribution in [1.29, 1.82) is 0 Å². The summed E-state index contributed by atoms with van der Waals surface area (Å²) in [5.41, 5.74) is -13.1. The zero-order valence-corrected chi connectivity index (χ0v) is 26.6. The summed E-state index contributed by atoms with van der Waals surface area (Å²) in [7, 11) is 0. The third kappa shape index (κ3) is 6.13. The van der Waals surface area contributed by atoms with Gasteiger partial charge in [-0.1, -0.05) is 155 Å². The second kappa shape index (κ2) is 11.3. The van der Waals surface area contributed by atoms with Crippen molar-refractivity contribution < 1.29 is 44.3 Å². The zero-order valence-electron chi connectivity index (χ0n) is 16.0. The van der Waals surface area contributed by atoms with Gasteiger partial charge in [-0.3, -0.25) is 19.2 Å². The molecular formula is C14H7BrCl12O9. The Balaban J connectivity index is 4.35. The van der Waals surface area contributed by atoms with Crippen molar-refractivity contribution in [2.45, 2.75) is 49.2 Å². The van der Waals surface area contributed by atoms with Crippen LogP contribution in [-0.4, -0.2) is 92.8 Å². The van der Waals surface area contributed by atoms with E-state index in [1.54, 1.807) is 0 Å². The Morgan fingerprint density at radius 3 is 1.31 bits per heavy atom. The van der Waals surface area contributed by atoms with E-state index in [-0.39, 0.29) is 0 Å². The molecule has 36 heavy (non-hydrogen) atoms. The first-order chi connectivity index (χ1) is 15.5. The molecule has 6 atom stereocenters. The maximum atomic E-state index is 13.3. The van der Waals surface area contributed by atoms with E-state index in [1.807, 2.05) is 0 Å². The monoisotopic (exact) mass is 818 g/mol. The van der Waals surface area contributed by atoms with E-state index in [9.17, 15) is 39.6 Å². The highest BCUT2D eigenvalue weighted by Gasteiger charge is 2.85. The van der Waals surface area contributed by atoms with Gasteiger partial charge in [-0.15, -0.1) is 0 Å². The Hall–Kier alpha value is 2.44. The van der Waals surface area contributed by atoms with Crippen LogP contribution >= 0.6 is 155 Å². The summed E-state index contributed by atoms with van der Waals surface area (Å²) in [4.78, 5) is 52.0. The fourth-order valence-electron chi connectivity index (χ4n) is 3.14. The molecule has 0 radical (unpaired) electrons. The summed E-state index contributed by atoms with van der Waals surface area (Å²) in [6, 6.07) is 0. The average Bonchev–Trinajstić information content (AvgIpc) is 2.69. The van der Waals surface area contributed by atoms with Crippen LogP contribution in [0.2, 0.25) is 0 Å². The summed E-state index contributed by atoms with van der Waals surface area (Å²) in [5.74, 6) is -8.81. The second-order valence-electron chi connectivity index (χ2n) is 6.90. The summed E-state index contributed by atoms with van der Waals surface area (Å²) in [6.45, 7) is 0. The smallest absolute Gasteiger partial charge is 0.252 e. The number of rotatable bonds is 5. The summed E-state index contributed by atoms with van der Waals surface area (Å²) in [6.07, 6.45) is -6.04. The maximum absolute atomic E-state index is 13.3. The van der Waals surface area contributed by atoms with E-state index in [4.69, 9.17) is 144 Å². The van der Waals surface area contributed by atoms with Gasteiger partial charge in [0.25, 0.3) is 15.2 Å². The van der Waals surface area contributed by atoms with Crippen molar-refractivity contribution in [1.82, 2.24) is 0 Å². The van der Waals surface area contributed by atoms with Gasteiger partial charge >= 0.3 is 0 Å². The number of halogens is 13. The van der Waals surface area contributed by atoms with Crippen LogP contribution in [0.5, 0.6) is 0 Å². The van der Waals surface area contributed by atoms with Crippen LogP contribution < -0.4 is 0 Å². The lowest BCUT2D eigenvalue weighted by molar-refractivity contribution is -0.311. The number of ketones is 4. The topological polar surface area (TPSA) is 158 Å². The van der Waals surface area contributed by atoms with Gasteiger partial charge in [0.1, 0.15) is 12.2 Å². The number of ether oxygens (including phenoxy) is 1. The number of aliphatic hydroxyl groups is 4. The minimum Gasteiger partial charge on any atom is -0.382 e. The molecule has 1 aliphatic rings. The molecule has 0 aromatic heterocycles. The first-order valence-corrected chi connectivity index (χ1v) is 13.6. The van der Waals surface area contributed by atoms with E-state index < -0.39 is 72.3 Å². The van der Waals surface area contributed by atoms with E-state index in [1.165, 1.54) is 0 Å². The SMILES string of the molecule is O=C(C(O)[C@H]1O[C@H](Br)[C@@](O)(C(=O)C(Cl)(Cl)Cl)[C@](O)(C(=O)C(Cl)(Cl)Cl)[C@@]1(O)C(=O)C(Cl)(Cl)Cl)C(Cl)(Cl)Cl. The molecule has 0 bridgehead atoms. The van der Waals surface area contributed by atoms with Crippen LogP contribution in [0.25, 0.3) is 0 Å². The highest BCUT2D eigenvalue weighted by atomic mass is 79.9. The van der Waals surface area contributed by atoms with Crippen LogP contribution in [0, 0.1) is 0 Å². The third-order valence-electron chi connectivity index (χ3n) is 4.74. The van der Waals surface area contributed by atoms with Gasteiger partial charge in [0, 0.05) is 0 Å². The minimum atomic E-state index is -4.57. The van der Waals surface area contributed by atoms with Crippen molar-refractivity contribution in [3.63, 3.8) is 0 Å². The molecule has 1 unspecified atom stereocenters. The lowest BCUT2D eigenvalue weighted by Gasteiger charge is -2.59. The van der Waals surface area contributed by atoms with E-state index in [2.05, 4.69) is 15.9 Å². The van der Waals surface area contributed by atoms with Crippen molar-refractivity contribution in [2.75, 3.05) is 0 Å². The number of carbonyl (C=O) groups is 4. The number of hydrogen-bond acceptors (Lipinski definition) is 9. The average molecular weight is 825 g/mol. The lowest BCUT2D eigenvalue weighted by atomic mass is 9.60. The summed E-state index contributed by atoms with van der Waals surface area (Å²) >= 11 is 68.6. The largest absolute Gasteiger partial charge is 0.382 e. The molecule has 1 fully saturated rings. The predicted molar refractivity (Wildman–Crippen MR) is 140 cm³/mol. The van der Waals surface area contributed by atoms with Crippen LogP contribution in [0.1, 0.15) is 0 Å². The molecule has 22 heteroatoms. The normalized spacial score (nSPS) is 33.1. The van der Waals surface area contributed by atoms with Gasteiger partial charge in [-0.2, -0.15) is 0 Å². The zero-order chi connectivity index (χ0) is 29.2. The first kappa shape index (κ1) is 36.5. The fraction of sp³-hybridized carbons (Fsp3) is 0.714. The number of carbonyl (C=O) groups excluding carboxylic acids is 4. The number of Topliss-reactive ketones (excluding diaryl/α,β-unsaturated/α-hetero) is 4. The molecule has 0 spiro atoms. The molecule has 0 aromatic carbocycles. The fourth-order valence-corrected chi connectivity index (χ4v) is 5.52. The van der Waals surface area contributed by atoms with Crippen molar-refractivity contribution in [3.8, 4) is 0 Å². The number of hydrogen-bond donors (Lipinski definition) is 4. The molecule has 208 valence electrons. The van der Waals surface area contributed by atoms with Gasteiger partial charge in [0.2, 0.25) is 34.3 Å². The predicted octanol–water partition coefficient (Wildman–Crippen LogP) is 3.42. The first-order valence-electron chi connectivity index (χ1n) is 8.15. The van der Waals surface area contributed by atoms with Crippen molar-refractivity contribution in [2.24, 2.45) is 0 Å². The Bertz CT molecular complexity index is 957. The highest BCUT2D eigenvalue weighted by molar-refractivity contribution is 9.09. The van der Waals surface area contributed by atoms with Crippen molar-refractivity contribution in [3.05, 3.63) is 0 Å². The van der Waals surface area contributed by atoms with Crippen LogP contribution in [0.15, 0.2) is 0 Å². The van der Waals surface area contributed by atoms with E-state index in [0.29, 0.717) is 0 Å². The van der Waals surface area contributed by atoms with Gasteiger partial charge in [0.15, 0.2) is 10.6 Å². The molecule has 1 aliphatic heterocycles. The van der Waals surface area contributed by atoms with E-state index >= 15 is 0 Å². The number of aliphatic hydroxyl groups excluding tert-OH is 1. The molecule has 1 heterocycles. The third-order valence-corrected chi connectivity index (χ3v) is 7.72. The van der Waals surface area contributed by atoms with E-state index in [0.717, 1.165) is 0 Å². The quantitative estimate of drug-likeness (QED) is 0.305. The van der Waals surface area contributed by atoms with Gasteiger partial charge in [-0.05, 0) is 0 Å². The van der Waals surface area contributed by atoms with Crippen LogP contribution in [0.4, 0.5) is 0 Å². The molecule has 0 amide bonds. The van der Waals surface area contributed by atoms with Gasteiger partial charge in [-0.25, -0.2) is 0 Å². The molecule has 1 rings (SSSR count). The molecule has 0 saturated carbocycles. The van der Waals surface area contributed by atoms with Gasteiger partial charge < -0.3 is 25.2 Å². The summed E-state index contributed by atoms with van der Waals surface area (Å²) < 4.78 is -8.09. The molecule has 1 saturated heterocycles. The summed E-state index contributed by atoms with van der Waals surface area (Å²) in [5, 5.41) is 42.5. The second-order valence-corrected chi connectivity index (χ2v) is 16.9. The molecule has 9 nitrogen and oxygen atoms in total. The molecular weight excluding hydrogens is 817 g/mol. The molecule has 0 aliphatic carbocycles. The highest BCUT2D eigenvalue weighted by Crippen LogP contribution is 2.56. The Labute approximate surface area is 269 Å². The molecule has 4 N–H and O–H groups in total. The Morgan fingerprint density at radius 1 is 0.667 bits per heavy atom. The lowest BCUT2D eigenvalue weighted by Crippen LogP contribution is -2.89. The van der Waals surface area contributed by atoms with Crippen LogP contribution in [-0.2, 0) is 23.9 Å². The molecule has 0 aromatic rings.